The fourth-order valence-corrected chi connectivity index (χ4v) is 4.69. The van der Waals surface area contributed by atoms with Crippen LogP contribution in [0.3, 0.4) is 0 Å². The van der Waals surface area contributed by atoms with E-state index in [1.165, 1.54) is 25.7 Å². The molecule has 1 saturated carbocycles. The number of hydrogen-bond donors (Lipinski definition) is 1. The Morgan fingerprint density at radius 2 is 1.94 bits per heavy atom. The van der Waals surface area contributed by atoms with Crippen LogP contribution in [0.2, 0.25) is 0 Å². The van der Waals surface area contributed by atoms with Gasteiger partial charge in [0.2, 0.25) is 0 Å². The van der Waals surface area contributed by atoms with Crippen LogP contribution in [0.25, 0.3) is 0 Å². The van der Waals surface area contributed by atoms with Crippen molar-refractivity contribution in [3.05, 3.63) is 0 Å². The summed E-state index contributed by atoms with van der Waals surface area (Å²) < 4.78 is 22.8. The van der Waals surface area contributed by atoms with Crippen molar-refractivity contribution in [3.8, 4) is 0 Å². The molecule has 0 aromatic rings. The summed E-state index contributed by atoms with van der Waals surface area (Å²) >= 11 is 0. The molecule has 0 amide bonds. The smallest absolute Gasteiger partial charge is 0.151 e. The van der Waals surface area contributed by atoms with E-state index in [1.807, 2.05) is 7.05 Å². The maximum absolute atomic E-state index is 11.4. The van der Waals surface area contributed by atoms with Crippen molar-refractivity contribution >= 4 is 9.84 Å². The molecule has 100 valence electrons. The van der Waals surface area contributed by atoms with Crippen LogP contribution in [-0.2, 0) is 9.84 Å². The van der Waals surface area contributed by atoms with Crippen LogP contribution in [0.5, 0.6) is 0 Å². The Bertz CT molecular complexity index is 336. The van der Waals surface area contributed by atoms with E-state index in [0.29, 0.717) is 17.5 Å². The van der Waals surface area contributed by atoms with Gasteiger partial charge in [0.05, 0.1) is 11.5 Å². The molecule has 1 aliphatic carbocycles. The van der Waals surface area contributed by atoms with Gasteiger partial charge >= 0.3 is 0 Å². The number of hydrogen-bond acceptors (Lipinski definition) is 4. The second kappa shape index (κ2) is 5.67. The summed E-state index contributed by atoms with van der Waals surface area (Å²) in [6, 6.07) is 0.945. The maximum atomic E-state index is 11.4. The largest absolute Gasteiger partial charge is 0.313 e. The lowest BCUT2D eigenvalue weighted by molar-refractivity contribution is 0.258. The average molecular weight is 260 g/mol. The van der Waals surface area contributed by atoms with Crippen molar-refractivity contribution in [1.29, 1.82) is 0 Å². The first kappa shape index (κ1) is 13.3. The van der Waals surface area contributed by atoms with Crippen molar-refractivity contribution in [1.82, 2.24) is 10.2 Å². The zero-order valence-electron chi connectivity index (χ0n) is 10.7. The Hall–Kier alpha value is -0.130. The topological polar surface area (TPSA) is 49.4 Å². The summed E-state index contributed by atoms with van der Waals surface area (Å²) in [6.45, 7) is 1.94. The Morgan fingerprint density at radius 3 is 2.53 bits per heavy atom. The van der Waals surface area contributed by atoms with E-state index in [-0.39, 0.29) is 6.04 Å². The van der Waals surface area contributed by atoms with Crippen molar-refractivity contribution in [2.75, 3.05) is 31.6 Å². The molecular formula is C12H24N2O2S. The first-order valence-electron chi connectivity index (χ1n) is 6.71. The predicted molar refractivity (Wildman–Crippen MR) is 69.9 cm³/mol. The molecule has 0 aromatic carbocycles. The molecule has 2 rings (SSSR count). The van der Waals surface area contributed by atoms with Crippen molar-refractivity contribution in [2.45, 2.75) is 44.2 Å². The molecule has 5 heteroatoms. The van der Waals surface area contributed by atoms with Crippen molar-refractivity contribution < 1.29 is 8.42 Å². The molecule has 2 fully saturated rings. The normalized spacial score (nSPS) is 29.2. The standard InChI is InChI=1S/C12H24N2O2S/c1-14(12-6-9-17(15,16)10-12)8-7-13-11-4-2-3-5-11/h11-13H,2-10H2,1H3. The fourth-order valence-electron chi connectivity index (χ4n) is 2.88. The van der Waals surface area contributed by atoms with Crippen molar-refractivity contribution in [3.63, 3.8) is 0 Å². The Labute approximate surface area is 105 Å². The molecule has 2 aliphatic rings. The molecule has 4 nitrogen and oxygen atoms in total. The number of rotatable bonds is 5. The van der Waals surface area contributed by atoms with Gasteiger partial charge in [-0.1, -0.05) is 12.8 Å². The number of nitrogens with zero attached hydrogens (tertiary/aromatic N) is 1. The summed E-state index contributed by atoms with van der Waals surface area (Å²) in [5.74, 6) is 0.727. The third-order valence-electron chi connectivity index (χ3n) is 4.08. The maximum Gasteiger partial charge on any atom is 0.151 e. The number of sulfone groups is 1. The lowest BCUT2D eigenvalue weighted by Gasteiger charge is -2.24. The molecule has 1 heterocycles. The van der Waals surface area contributed by atoms with Crippen LogP contribution in [0.1, 0.15) is 32.1 Å². The number of likely N-dealkylation sites (N-methyl/N-ethyl adjacent to an activating group) is 1. The van der Waals surface area contributed by atoms with Gasteiger partial charge in [-0.3, -0.25) is 0 Å². The highest BCUT2D eigenvalue weighted by Gasteiger charge is 2.30. The van der Waals surface area contributed by atoms with E-state index < -0.39 is 9.84 Å². The van der Waals surface area contributed by atoms with Gasteiger partial charge in [-0.25, -0.2) is 8.42 Å². The van der Waals surface area contributed by atoms with Crippen LogP contribution in [0, 0.1) is 0 Å². The van der Waals surface area contributed by atoms with Gasteiger partial charge in [-0.2, -0.15) is 0 Å². The van der Waals surface area contributed by atoms with Crippen LogP contribution in [0.15, 0.2) is 0 Å². The van der Waals surface area contributed by atoms with Crippen molar-refractivity contribution in [2.24, 2.45) is 0 Å². The van der Waals surface area contributed by atoms with Gasteiger partial charge in [-0.15, -0.1) is 0 Å². The van der Waals surface area contributed by atoms with Gasteiger partial charge in [0, 0.05) is 25.2 Å². The van der Waals surface area contributed by atoms with Crippen LogP contribution < -0.4 is 5.32 Å². The van der Waals surface area contributed by atoms with E-state index in [2.05, 4.69) is 10.2 Å². The molecule has 1 atom stereocenters. The summed E-state index contributed by atoms with van der Waals surface area (Å²) in [4.78, 5) is 2.20. The van der Waals surface area contributed by atoms with Crippen LogP contribution >= 0.6 is 0 Å². The minimum absolute atomic E-state index is 0.241. The summed E-state index contributed by atoms with van der Waals surface area (Å²) in [6.07, 6.45) is 6.13. The lowest BCUT2D eigenvalue weighted by Crippen LogP contribution is -2.39. The predicted octanol–water partition coefficient (Wildman–Crippen LogP) is 0.638. The molecule has 1 N–H and O–H groups in total. The summed E-state index contributed by atoms with van der Waals surface area (Å²) in [7, 11) is -0.700. The van der Waals surface area contributed by atoms with Gasteiger partial charge < -0.3 is 10.2 Å². The fraction of sp³-hybridized carbons (Fsp3) is 1.00. The Kier molecular flexibility index (Phi) is 4.44. The molecule has 0 spiro atoms. The monoisotopic (exact) mass is 260 g/mol. The zero-order valence-corrected chi connectivity index (χ0v) is 11.5. The van der Waals surface area contributed by atoms with E-state index in [4.69, 9.17) is 0 Å². The van der Waals surface area contributed by atoms with E-state index >= 15 is 0 Å². The molecule has 1 aliphatic heterocycles. The van der Waals surface area contributed by atoms with Crippen LogP contribution in [-0.4, -0.2) is 57.0 Å². The molecule has 1 unspecified atom stereocenters. The van der Waals surface area contributed by atoms with Gasteiger partial charge in [-0.05, 0) is 26.3 Å². The van der Waals surface area contributed by atoms with E-state index in [9.17, 15) is 8.42 Å². The summed E-state index contributed by atoms with van der Waals surface area (Å²) in [5.41, 5.74) is 0. The second-order valence-corrected chi connectivity index (χ2v) is 7.70. The molecule has 0 radical (unpaired) electrons. The third kappa shape index (κ3) is 3.93. The molecule has 17 heavy (non-hydrogen) atoms. The summed E-state index contributed by atoms with van der Waals surface area (Å²) in [5, 5.41) is 3.57. The highest BCUT2D eigenvalue weighted by molar-refractivity contribution is 7.91. The third-order valence-corrected chi connectivity index (χ3v) is 5.83. The lowest BCUT2D eigenvalue weighted by atomic mass is 10.2. The molecular weight excluding hydrogens is 236 g/mol. The Balaban J connectivity index is 1.65. The Morgan fingerprint density at radius 1 is 1.24 bits per heavy atom. The number of nitrogens with one attached hydrogen (secondary N) is 1. The van der Waals surface area contributed by atoms with Gasteiger partial charge in [0.25, 0.3) is 0 Å². The van der Waals surface area contributed by atoms with Crippen LogP contribution in [0.4, 0.5) is 0 Å². The molecule has 0 bridgehead atoms. The highest BCUT2D eigenvalue weighted by atomic mass is 32.2. The first-order chi connectivity index (χ1) is 8.07. The second-order valence-electron chi connectivity index (χ2n) is 5.47. The van der Waals surface area contributed by atoms with E-state index in [1.54, 1.807) is 0 Å². The highest BCUT2D eigenvalue weighted by Crippen LogP contribution is 2.18. The first-order valence-corrected chi connectivity index (χ1v) is 8.53. The van der Waals surface area contributed by atoms with E-state index in [0.717, 1.165) is 19.5 Å². The molecule has 1 saturated heterocycles. The minimum Gasteiger partial charge on any atom is -0.313 e. The van der Waals surface area contributed by atoms with Gasteiger partial charge in [0.15, 0.2) is 9.84 Å². The molecule has 0 aromatic heterocycles. The van der Waals surface area contributed by atoms with Gasteiger partial charge in [0.1, 0.15) is 0 Å². The average Bonchev–Trinajstić information content (AvgIpc) is 2.87. The minimum atomic E-state index is -2.74. The zero-order chi connectivity index (χ0) is 12.3. The SMILES string of the molecule is CN(CCNC1CCCC1)C1CCS(=O)(=O)C1. The quantitative estimate of drug-likeness (QED) is 0.788.